The SMILES string of the molecule is CCCC(CNC(=O)c1cnc(-c2ccc3c(c2)OCO3)s1)C(=O)O. The number of amides is 1. The topological polar surface area (TPSA) is 97.8 Å². The first-order valence-corrected chi connectivity index (χ1v) is 8.77. The van der Waals surface area contributed by atoms with E-state index in [1.54, 1.807) is 6.07 Å². The monoisotopic (exact) mass is 362 g/mol. The summed E-state index contributed by atoms with van der Waals surface area (Å²) in [7, 11) is 0. The van der Waals surface area contributed by atoms with Crippen LogP contribution >= 0.6 is 11.3 Å². The summed E-state index contributed by atoms with van der Waals surface area (Å²) < 4.78 is 10.6. The quantitative estimate of drug-likeness (QED) is 0.786. The number of hydrogen-bond acceptors (Lipinski definition) is 6. The van der Waals surface area contributed by atoms with E-state index in [9.17, 15) is 9.59 Å². The lowest BCUT2D eigenvalue weighted by atomic mass is 10.0. The second-order valence-electron chi connectivity index (χ2n) is 5.63. The van der Waals surface area contributed by atoms with Crippen LogP contribution in [0, 0.1) is 5.92 Å². The molecule has 2 heterocycles. The molecule has 0 saturated heterocycles. The van der Waals surface area contributed by atoms with E-state index in [1.165, 1.54) is 17.5 Å². The molecular formula is C17H18N2O5S. The fourth-order valence-electron chi connectivity index (χ4n) is 2.51. The Morgan fingerprint density at radius 2 is 2.16 bits per heavy atom. The Bertz CT molecular complexity index is 789. The molecule has 2 aromatic rings. The van der Waals surface area contributed by atoms with Gasteiger partial charge in [-0.25, -0.2) is 4.98 Å². The van der Waals surface area contributed by atoms with Crippen molar-refractivity contribution in [3.8, 4) is 22.1 Å². The van der Waals surface area contributed by atoms with Gasteiger partial charge in [0.1, 0.15) is 9.88 Å². The fraction of sp³-hybridized carbons (Fsp3) is 0.353. The summed E-state index contributed by atoms with van der Waals surface area (Å²) in [6.07, 6.45) is 2.78. The van der Waals surface area contributed by atoms with Crippen molar-refractivity contribution in [2.75, 3.05) is 13.3 Å². The Morgan fingerprint density at radius 3 is 2.92 bits per heavy atom. The Labute approximate surface area is 148 Å². The molecule has 1 aliphatic heterocycles. The van der Waals surface area contributed by atoms with Gasteiger partial charge in [-0.3, -0.25) is 9.59 Å². The van der Waals surface area contributed by atoms with Gasteiger partial charge in [0.15, 0.2) is 11.5 Å². The minimum atomic E-state index is -0.896. The van der Waals surface area contributed by atoms with E-state index in [4.69, 9.17) is 14.6 Å². The highest BCUT2D eigenvalue weighted by atomic mass is 32.1. The normalized spacial score (nSPS) is 13.5. The molecule has 2 N–H and O–H groups in total. The maximum Gasteiger partial charge on any atom is 0.308 e. The average Bonchev–Trinajstić information content (AvgIpc) is 3.26. The number of aliphatic carboxylic acids is 1. The second kappa shape index (κ2) is 7.52. The highest BCUT2D eigenvalue weighted by Crippen LogP contribution is 2.36. The van der Waals surface area contributed by atoms with Crippen LogP contribution in [0.3, 0.4) is 0 Å². The van der Waals surface area contributed by atoms with Gasteiger partial charge in [-0.2, -0.15) is 0 Å². The van der Waals surface area contributed by atoms with E-state index in [1.807, 2.05) is 19.1 Å². The molecule has 8 heteroatoms. The fourth-order valence-corrected chi connectivity index (χ4v) is 3.34. The Balaban J connectivity index is 1.66. The largest absolute Gasteiger partial charge is 0.481 e. The Morgan fingerprint density at radius 1 is 1.36 bits per heavy atom. The second-order valence-corrected chi connectivity index (χ2v) is 6.66. The number of nitrogens with zero attached hydrogens (tertiary/aromatic N) is 1. The van der Waals surface area contributed by atoms with Crippen LogP contribution < -0.4 is 14.8 Å². The van der Waals surface area contributed by atoms with Gasteiger partial charge < -0.3 is 19.9 Å². The first-order valence-electron chi connectivity index (χ1n) is 7.95. The van der Waals surface area contributed by atoms with Crippen LogP contribution in [0.25, 0.3) is 10.6 Å². The number of rotatable bonds is 7. The summed E-state index contributed by atoms with van der Waals surface area (Å²) in [5.41, 5.74) is 0.836. The third-order valence-electron chi connectivity index (χ3n) is 3.84. The lowest BCUT2D eigenvalue weighted by Gasteiger charge is -2.11. The molecule has 0 radical (unpaired) electrons. The third-order valence-corrected chi connectivity index (χ3v) is 4.89. The van der Waals surface area contributed by atoms with E-state index >= 15 is 0 Å². The third kappa shape index (κ3) is 3.90. The van der Waals surface area contributed by atoms with Crippen molar-refractivity contribution in [1.29, 1.82) is 0 Å². The van der Waals surface area contributed by atoms with Crippen molar-refractivity contribution in [3.63, 3.8) is 0 Å². The maximum atomic E-state index is 12.2. The molecular weight excluding hydrogens is 344 g/mol. The van der Waals surface area contributed by atoms with Crippen LogP contribution in [-0.4, -0.2) is 35.3 Å². The average molecular weight is 362 g/mol. The predicted octanol–water partition coefficient (Wildman–Crippen LogP) is 2.77. The van der Waals surface area contributed by atoms with Gasteiger partial charge in [0.25, 0.3) is 5.91 Å². The molecule has 1 atom stereocenters. The number of thiazole rings is 1. The number of fused-ring (bicyclic) bond motifs is 1. The first-order chi connectivity index (χ1) is 12.1. The smallest absolute Gasteiger partial charge is 0.308 e. The summed E-state index contributed by atoms with van der Waals surface area (Å²) in [5.74, 6) is -0.439. The van der Waals surface area contributed by atoms with E-state index in [0.29, 0.717) is 27.8 Å². The molecule has 1 aliphatic rings. The summed E-state index contributed by atoms with van der Waals surface area (Å²) in [4.78, 5) is 28.1. The van der Waals surface area contributed by atoms with Crippen molar-refractivity contribution in [2.45, 2.75) is 19.8 Å². The van der Waals surface area contributed by atoms with Gasteiger partial charge >= 0.3 is 5.97 Å². The van der Waals surface area contributed by atoms with Crippen LogP contribution in [0.5, 0.6) is 11.5 Å². The first kappa shape index (κ1) is 17.2. The standard InChI is InChI=1S/C17H18N2O5S/c1-2-3-11(17(21)22)7-18-15(20)14-8-19-16(25-14)10-4-5-12-13(6-10)24-9-23-12/h4-6,8,11H,2-3,7,9H2,1H3,(H,18,20)(H,21,22). The molecule has 3 rings (SSSR count). The van der Waals surface area contributed by atoms with Crippen molar-refractivity contribution >= 4 is 23.2 Å². The minimum absolute atomic E-state index is 0.110. The van der Waals surface area contributed by atoms with Crippen LogP contribution in [0.15, 0.2) is 24.4 Å². The molecule has 0 fully saturated rings. The molecule has 1 unspecified atom stereocenters. The van der Waals surface area contributed by atoms with Crippen molar-refractivity contribution in [1.82, 2.24) is 10.3 Å². The van der Waals surface area contributed by atoms with Crippen LogP contribution in [0.4, 0.5) is 0 Å². The number of carboxylic acids is 1. The van der Waals surface area contributed by atoms with Gasteiger partial charge in [-0.1, -0.05) is 13.3 Å². The van der Waals surface area contributed by atoms with Crippen LogP contribution in [-0.2, 0) is 4.79 Å². The number of ether oxygens (including phenoxy) is 2. The molecule has 0 saturated carbocycles. The summed E-state index contributed by atoms with van der Waals surface area (Å²) in [6, 6.07) is 5.49. The Kier molecular flexibility index (Phi) is 5.18. The lowest BCUT2D eigenvalue weighted by Crippen LogP contribution is -2.32. The van der Waals surface area contributed by atoms with Crippen molar-refractivity contribution in [2.24, 2.45) is 5.92 Å². The zero-order valence-electron chi connectivity index (χ0n) is 13.7. The highest BCUT2D eigenvalue weighted by molar-refractivity contribution is 7.16. The molecule has 0 bridgehead atoms. The van der Waals surface area contributed by atoms with E-state index in [0.717, 1.165) is 12.0 Å². The number of carboxylic acid groups (broad SMARTS) is 1. The predicted molar refractivity (Wildman–Crippen MR) is 92.0 cm³/mol. The summed E-state index contributed by atoms with van der Waals surface area (Å²) >= 11 is 1.25. The number of benzene rings is 1. The van der Waals surface area contributed by atoms with Crippen LogP contribution in [0.2, 0.25) is 0 Å². The van der Waals surface area contributed by atoms with E-state index in [-0.39, 0.29) is 19.2 Å². The van der Waals surface area contributed by atoms with Gasteiger partial charge in [-0.05, 0) is 24.6 Å². The minimum Gasteiger partial charge on any atom is -0.481 e. The highest BCUT2D eigenvalue weighted by Gasteiger charge is 2.20. The molecule has 1 aromatic carbocycles. The number of carbonyl (C=O) groups excluding carboxylic acids is 1. The van der Waals surface area contributed by atoms with Gasteiger partial charge in [-0.15, -0.1) is 11.3 Å². The maximum absolute atomic E-state index is 12.2. The molecule has 0 spiro atoms. The zero-order chi connectivity index (χ0) is 17.8. The summed E-state index contributed by atoms with van der Waals surface area (Å²) in [6.45, 7) is 2.23. The molecule has 1 amide bonds. The molecule has 132 valence electrons. The zero-order valence-corrected chi connectivity index (χ0v) is 14.5. The number of carbonyl (C=O) groups is 2. The molecule has 7 nitrogen and oxygen atoms in total. The summed E-state index contributed by atoms with van der Waals surface area (Å²) in [5, 5.41) is 12.5. The number of nitrogens with one attached hydrogen (secondary N) is 1. The lowest BCUT2D eigenvalue weighted by molar-refractivity contribution is -0.141. The molecule has 0 aliphatic carbocycles. The van der Waals surface area contributed by atoms with Crippen LogP contribution in [0.1, 0.15) is 29.4 Å². The Hall–Kier alpha value is -2.61. The van der Waals surface area contributed by atoms with E-state index in [2.05, 4.69) is 10.3 Å². The van der Waals surface area contributed by atoms with Crippen molar-refractivity contribution < 1.29 is 24.2 Å². The number of aromatic nitrogens is 1. The molecule has 25 heavy (non-hydrogen) atoms. The van der Waals surface area contributed by atoms with Gasteiger partial charge in [0.2, 0.25) is 6.79 Å². The van der Waals surface area contributed by atoms with Gasteiger partial charge in [0.05, 0.1) is 12.1 Å². The van der Waals surface area contributed by atoms with Crippen molar-refractivity contribution in [3.05, 3.63) is 29.3 Å². The molecule has 1 aromatic heterocycles. The van der Waals surface area contributed by atoms with Gasteiger partial charge in [0, 0.05) is 12.1 Å². The van der Waals surface area contributed by atoms with E-state index < -0.39 is 11.9 Å². The number of hydrogen-bond donors (Lipinski definition) is 2.